The van der Waals surface area contributed by atoms with E-state index < -0.39 is 23.2 Å². The van der Waals surface area contributed by atoms with Crippen molar-refractivity contribution in [1.29, 1.82) is 0 Å². The Labute approximate surface area is 168 Å². The van der Waals surface area contributed by atoms with Crippen LogP contribution in [-0.4, -0.2) is 38.5 Å². The zero-order valence-corrected chi connectivity index (χ0v) is 16.2. The molecule has 2 aliphatic rings. The van der Waals surface area contributed by atoms with Gasteiger partial charge >= 0.3 is 0 Å². The lowest BCUT2D eigenvalue weighted by atomic mass is 9.70. The molecule has 151 valence electrons. The Morgan fingerprint density at radius 2 is 2.07 bits per heavy atom. The van der Waals surface area contributed by atoms with Crippen molar-refractivity contribution < 1.29 is 18.7 Å². The molecule has 4 rings (SSSR count). The molecule has 7 heteroatoms. The van der Waals surface area contributed by atoms with Crippen molar-refractivity contribution in [3.8, 4) is 0 Å². The van der Waals surface area contributed by atoms with E-state index in [1.54, 1.807) is 13.2 Å². The van der Waals surface area contributed by atoms with Crippen molar-refractivity contribution in [3.63, 3.8) is 0 Å². The summed E-state index contributed by atoms with van der Waals surface area (Å²) in [4.78, 5) is 26.1. The predicted octanol–water partition coefficient (Wildman–Crippen LogP) is 2.32. The number of benzene rings is 2. The number of ether oxygens (including phenoxy) is 1. The van der Waals surface area contributed by atoms with E-state index >= 15 is 0 Å². The highest BCUT2D eigenvalue weighted by Crippen LogP contribution is 2.46. The average Bonchev–Trinajstić information content (AvgIpc) is 2.73. The Bertz CT molecular complexity index is 958. The molecule has 0 spiro atoms. The van der Waals surface area contributed by atoms with E-state index in [4.69, 9.17) is 10.5 Å². The van der Waals surface area contributed by atoms with Crippen LogP contribution >= 0.6 is 0 Å². The van der Waals surface area contributed by atoms with Crippen molar-refractivity contribution in [3.05, 3.63) is 58.9 Å². The number of primary amides is 1. The fourth-order valence-electron chi connectivity index (χ4n) is 4.23. The number of fused-ring (bicyclic) bond motifs is 1. The van der Waals surface area contributed by atoms with Crippen LogP contribution in [0.2, 0.25) is 0 Å². The fourth-order valence-corrected chi connectivity index (χ4v) is 4.23. The molecule has 2 unspecified atom stereocenters. The summed E-state index contributed by atoms with van der Waals surface area (Å²) in [5.74, 6) is -1.02. The van der Waals surface area contributed by atoms with Crippen molar-refractivity contribution in [2.24, 2.45) is 11.1 Å². The third-order valence-electron chi connectivity index (χ3n) is 5.95. The molecule has 1 amide bonds. The zero-order chi connectivity index (χ0) is 20.6. The summed E-state index contributed by atoms with van der Waals surface area (Å²) in [5.41, 5.74) is 7.88. The van der Waals surface area contributed by atoms with Crippen LogP contribution < -0.4 is 16.0 Å². The van der Waals surface area contributed by atoms with Gasteiger partial charge in [-0.15, -0.1) is 0 Å². The fraction of sp³-hybridized carbons (Fsp3) is 0.364. The summed E-state index contributed by atoms with van der Waals surface area (Å²) < 4.78 is 19.4. The molecule has 2 aromatic carbocycles. The molecule has 2 heterocycles. The normalized spacial score (nSPS) is 23.8. The molecular weight excluding hydrogens is 373 g/mol. The van der Waals surface area contributed by atoms with Gasteiger partial charge in [-0.2, -0.15) is 0 Å². The Morgan fingerprint density at radius 1 is 1.31 bits per heavy atom. The van der Waals surface area contributed by atoms with Gasteiger partial charge in [0.05, 0.1) is 24.7 Å². The number of amides is 1. The van der Waals surface area contributed by atoms with Gasteiger partial charge in [-0.1, -0.05) is 12.1 Å². The Morgan fingerprint density at radius 3 is 2.76 bits per heavy atom. The monoisotopic (exact) mass is 396 g/mol. The van der Waals surface area contributed by atoms with Crippen molar-refractivity contribution in [2.45, 2.75) is 19.4 Å². The summed E-state index contributed by atoms with van der Waals surface area (Å²) in [5, 5.41) is 3.27. The largest absolute Gasteiger partial charge is 0.378 e. The van der Waals surface area contributed by atoms with Gasteiger partial charge in [0.2, 0.25) is 12.2 Å². The van der Waals surface area contributed by atoms with Crippen LogP contribution in [0, 0.1) is 11.2 Å². The lowest BCUT2D eigenvalue weighted by Gasteiger charge is -2.42. The van der Waals surface area contributed by atoms with Crippen LogP contribution in [0.25, 0.3) is 0 Å². The summed E-state index contributed by atoms with van der Waals surface area (Å²) in [6, 6.07) is 9.93. The number of halogens is 1. The van der Waals surface area contributed by atoms with Crippen LogP contribution in [0.15, 0.2) is 36.4 Å². The van der Waals surface area contributed by atoms with Crippen molar-refractivity contribution >= 4 is 23.6 Å². The molecule has 1 saturated heterocycles. The smallest absolute Gasteiger partial charge is 0.233 e. The highest BCUT2D eigenvalue weighted by atomic mass is 19.1. The summed E-state index contributed by atoms with van der Waals surface area (Å²) >= 11 is 0. The van der Waals surface area contributed by atoms with Crippen LogP contribution in [0.1, 0.15) is 29.7 Å². The minimum absolute atomic E-state index is 0.112. The first-order valence-corrected chi connectivity index (χ1v) is 9.62. The van der Waals surface area contributed by atoms with Gasteiger partial charge in [0.1, 0.15) is 5.82 Å². The minimum Gasteiger partial charge on any atom is -0.378 e. The highest BCUT2D eigenvalue weighted by Gasteiger charge is 2.45. The molecule has 0 aromatic heterocycles. The second-order valence-corrected chi connectivity index (χ2v) is 7.81. The van der Waals surface area contributed by atoms with E-state index in [2.05, 4.69) is 10.2 Å². The number of anilines is 2. The highest BCUT2D eigenvalue weighted by molar-refractivity contribution is 5.87. The quantitative estimate of drug-likeness (QED) is 0.829. The SMILES string of the molecule is CC1(C(N)=O)Cc2c([C]=O)cc(F)cc2NC1c1cccc(N2CCOCC2)c1. The van der Waals surface area contributed by atoms with Crippen molar-refractivity contribution in [2.75, 3.05) is 36.5 Å². The van der Waals surface area contributed by atoms with Gasteiger partial charge in [0.25, 0.3) is 0 Å². The zero-order valence-electron chi connectivity index (χ0n) is 16.2. The number of hydrogen-bond acceptors (Lipinski definition) is 5. The maximum absolute atomic E-state index is 14.0. The molecule has 3 N–H and O–H groups in total. The Kier molecular flexibility index (Phi) is 5.00. The maximum atomic E-state index is 14.0. The molecule has 2 atom stereocenters. The van der Waals surface area contributed by atoms with Gasteiger partial charge in [-0.05, 0) is 48.7 Å². The molecule has 2 aromatic rings. The number of carbonyl (C=O) groups excluding carboxylic acids is 2. The molecule has 6 nitrogen and oxygen atoms in total. The summed E-state index contributed by atoms with van der Waals surface area (Å²) in [7, 11) is 0. The number of nitrogens with two attached hydrogens (primary N) is 1. The minimum atomic E-state index is -1.000. The first kappa shape index (κ1) is 19.4. The molecule has 1 radical (unpaired) electrons. The molecule has 29 heavy (non-hydrogen) atoms. The van der Waals surface area contributed by atoms with Gasteiger partial charge in [-0.3, -0.25) is 9.59 Å². The summed E-state index contributed by atoms with van der Waals surface area (Å²) in [6.45, 7) is 4.70. The van der Waals surface area contributed by atoms with Crippen LogP contribution in [-0.2, 0) is 20.7 Å². The molecule has 0 bridgehead atoms. The second kappa shape index (κ2) is 7.48. The van der Waals surface area contributed by atoms with E-state index in [0.717, 1.165) is 30.4 Å². The van der Waals surface area contributed by atoms with Crippen molar-refractivity contribution in [1.82, 2.24) is 0 Å². The predicted molar refractivity (Wildman–Crippen MR) is 108 cm³/mol. The molecule has 0 saturated carbocycles. The number of carbonyl (C=O) groups is 1. The Balaban J connectivity index is 1.77. The molecule has 2 aliphatic heterocycles. The molecular formula is C22H23FN3O3. The Hall–Kier alpha value is -2.93. The van der Waals surface area contributed by atoms with E-state index in [1.807, 2.05) is 24.3 Å². The number of rotatable bonds is 4. The van der Waals surface area contributed by atoms with E-state index in [1.165, 1.54) is 6.07 Å². The maximum Gasteiger partial charge on any atom is 0.233 e. The molecule has 1 fully saturated rings. The number of morpholine rings is 1. The van der Waals surface area contributed by atoms with E-state index in [0.29, 0.717) is 24.5 Å². The first-order chi connectivity index (χ1) is 13.9. The van der Waals surface area contributed by atoms with Gasteiger partial charge in [0.15, 0.2) is 0 Å². The van der Waals surface area contributed by atoms with E-state index in [-0.39, 0.29) is 12.0 Å². The summed E-state index contributed by atoms with van der Waals surface area (Å²) in [6.07, 6.45) is 2.00. The number of nitrogens with one attached hydrogen (secondary N) is 1. The van der Waals surface area contributed by atoms with Gasteiger partial charge in [0, 0.05) is 30.0 Å². The number of hydrogen-bond donors (Lipinski definition) is 2. The van der Waals surface area contributed by atoms with Gasteiger partial charge < -0.3 is 20.7 Å². The molecule has 0 aliphatic carbocycles. The topological polar surface area (TPSA) is 84.7 Å². The van der Waals surface area contributed by atoms with Crippen LogP contribution in [0.5, 0.6) is 0 Å². The van der Waals surface area contributed by atoms with Gasteiger partial charge in [-0.25, -0.2) is 4.39 Å². The number of nitrogens with zero attached hydrogens (tertiary/aromatic N) is 1. The third-order valence-corrected chi connectivity index (χ3v) is 5.95. The third kappa shape index (κ3) is 3.46. The second-order valence-electron chi connectivity index (χ2n) is 7.81. The lowest BCUT2D eigenvalue weighted by molar-refractivity contribution is -0.127. The first-order valence-electron chi connectivity index (χ1n) is 9.62. The standard InChI is InChI=1S/C22H23FN3O3/c1-22(21(24)28)12-18-15(13-27)9-16(23)11-19(18)25-20(22)14-3-2-4-17(10-14)26-5-7-29-8-6-26/h2-4,9-11,20,25H,5-8,12H2,1H3,(H2,24,28). The van der Waals surface area contributed by atoms with E-state index in [9.17, 15) is 14.0 Å². The van der Waals surface area contributed by atoms with Crippen LogP contribution in [0.3, 0.4) is 0 Å². The average molecular weight is 396 g/mol. The lowest BCUT2D eigenvalue weighted by Crippen LogP contribution is -2.47. The van der Waals surface area contributed by atoms with Crippen LogP contribution in [0.4, 0.5) is 15.8 Å².